The molecule has 0 radical (unpaired) electrons. The third-order valence-electron chi connectivity index (χ3n) is 19.1. The quantitative estimate of drug-likeness (QED) is 0.122. The molecule has 24 atom stereocenters. The summed E-state index contributed by atoms with van der Waals surface area (Å²) in [4.78, 5) is 12.4. The van der Waals surface area contributed by atoms with Crippen LogP contribution in [0, 0.1) is 50.2 Å². The molecule has 3 aliphatic heterocycles. The van der Waals surface area contributed by atoms with Gasteiger partial charge in [-0.25, -0.2) is 4.79 Å². The van der Waals surface area contributed by atoms with Gasteiger partial charge in [-0.05, 0) is 104 Å². The van der Waals surface area contributed by atoms with Crippen LogP contribution < -0.4 is 0 Å². The van der Waals surface area contributed by atoms with Crippen molar-refractivity contribution in [3.05, 3.63) is 11.6 Å². The van der Waals surface area contributed by atoms with Gasteiger partial charge in [0.05, 0.1) is 31.5 Å². The van der Waals surface area contributed by atoms with Gasteiger partial charge < -0.3 is 79.5 Å². The molecule has 17 heteroatoms. The first-order valence-corrected chi connectivity index (χ1v) is 23.7. The first-order chi connectivity index (χ1) is 29.8. The summed E-state index contributed by atoms with van der Waals surface area (Å²) in [5, 5.41) is 109. The lowest BCUT2D eigenvalue weighted by molar-refractivity contribution is -0.387. The Bertz CT molecular complexity index is 1760. The zero-order valence-electron chi connectivity index (χ0n) is 38.7. The summed E-state index contributed by atoms with van der Waals surface area (Å²) in [6.45, 7) is 16.8. The summed E-state index contributed by atoms with van der Waals surface area (Å²) in [5.41, 5.74) is 0.0929. The van der Waals surface area contributed by atoms with E-state index in [0.29, 0.717) is 18.8 Å². The number of carboxylic acid groups (broad SMARTS) is 1. The highest BCUT2D eigenvalue weighted by Gasteiger charge is 2.70. The molecule has 5 aliphatic carbocycles. The van der Waals surface area contributed by atoms with Crippen molar-refractivity contribution in [3.63, 3.8) is 0 Å². The lowest BCUT2D eigenvalue weighted by Gasteiger charge is -2.72. The number of aliphatic carboxylic acids is 1. The van der Waals surface area contributed by atoms with Crippen molar-refractivity contribution in [1.29, 1.82) is 0 Å². The second-order valence-electron chi connectivity index (χ2n) is 23.2. The minimum atomic E-state index is -2.01. The van der Waals surface area contributed by atoms with Crippen LogP contribution in [0.5, 0.6) is 0 Å². The van der Waals surface area contributed by atoms with Crippen molar-refractivity contribution < 1.29 is 84.3 Å². The van der Waals surface area contributed by atoms with Crippen molar-refractivity contribution in [3.8, 4) is 0 Å². The average molecular weight is 913 g/mol. The molecule has 64 heavy (non-hydrogen) atoms. The van der Waals surface area contributed by atoms with Crippen molar-refractivity contribution in [2.24, 2.45) is 50.2 Å². The lowest BCUT2D eigenvalue weighted by atomic mass is 9.33. The SMILES string of the molecule is C[C@H]1O[C@@H](O[C@@H]2[C@@H](O[C@H]3[C@H](O[C@H]4CC[C@]5(C)C6CC=C7C8CC(C)(C)C[C@@H](O)[C@]8(C)CC[C@@]7(C)[C@]6(C)CC[C@H]5[C@@]4(C)CO)O[C@H](C(=O)O)[C@@H](O)[C@H]3O)OC[C@@H](O)[C@H]2O)[C@H](O)[C@H](O)[C@@H]1O. The van der Waals surface area contributed by atoms with Crippen LogP contribution in [0.3, 0.4) is 0 Å². The standard InChI is InChI=1S/C47H76O17/c1-21-29(51)31(53)34(56)39(60-21)63-36-30(52)24(49)19-59-40(36)64-37-33(55)32(54)35(38(57)58)62-41(37)61-28-12-13-44(5)25(45(28,6)20-48)11-14-47(8)26(44)10-9-22-23-17-42(2,3)18-27(50)43(23,4)15-16-46(22,47)7/h9,21,23-37,39-41,48-56H,10-20H2,1-8H3,(H,57,58)/t21-,23?,24-,25-,26?,27-,28+,29-,30-,31-,32+,33-,34-,35+,36+,37-,39+,40-,41-,43-,44+,45-,46-,47-/m1/s1. The van der Waals surface area contributed by atoms with Crippen LogP contribution in [0.15, 0.2) is 11.6 Å². The highest BCUT2D eigenvalue weighted by molar-refractivity contribution is 5.73. The fourth-order valence-electron chi connectivity index (χ4n) is 14.8. The second-order valence-corrected chi connectivity index (χ2v) is 23.2. The zero-order chi connectivity index (χ0) is 46.9. The summed E-state index contributed by atoms with van der Waals surface area (Å²) in [6, 6.07) is 0. The molecule has 10 N–H and O–H groups in total. The van der Waals surface area contributed by atoms with Gasteiger partial charge in [0.15, 0.2) is 25.0 Å². The molecule has 2 unspecified atom stereocenters. The molecule has 8 rings (SSSR count). The molecule has 0 aromatic heterocycles. The van der Waals surface area contributed by atoms with Crippen LogP contribution in [0.2, 0.25) is 0 Å². The van der Waals surface area contributed by atoms with Gasteiger partial charge in [-0.2, -0.15) is 0 Å². The Labute approximate surface area is 376 Å². The maximum atomic E-state index is 12.4. The number of allylic oxidation sites excluding steroid dienone is 2. The molecule has 0 aromatic carbocycles. The van der Waals surface area contributed by atoms with E-state index in [4.69, 9.17) is 28.4 Å². The van der Waals surface area contributed by atoms with Crippen LogP contribution >= 0.6 is 0 Å². The minimum absolute atomic E-state index is 0.0286. The molecular formula is C47H76O17. The van der Waals surface area contributed by atoms with E-state index in [9.17, 15) is 55.9 Å². The Hall–Kier alpha value is -1.39. The van der Waals surface area contributed by atoms with Crippen molar-refractivity contribution >= 4 is 5.97 Å². The molecule has 3 heterocycles. The monoisotopic (exact) mass is 913 g/mol. The molecule has 17 nitrogen and oxygen atoms in total. The number of aliphatic hydroxyl groups excluding tert-OH is 9. The van der Waals surface area contributed by atoms with Gasteiger partial charge in [0.25, 0.3) is 0 Å². The minimum Gasteiger partial charge on any atom is -0.479 e. The summed E-state index contributed by atoms with van der Waals surface area (Å²) < 4.78 is 36.1. The third kappa shape index (κ3) is 7.49. The van der Waals surface area contributed by atoms with Gasteiger partial charge in [0.1, 0.15) is 54.9 Å². The highest BCUT2D eigenvalue weighted by atomic mass is 16.8. The number of hydrogen-bond acceptors (Lipinski definition) is 16. The second kappa shape index (κ2) is 16.9. The Morgan fingerprint density at radius 2 is 1.38 bits per heavy atom. The van der Waals surface area contributed by atoms with Crippen LogP contribution in [-0.4, -0.2) is 168 Å². The van der Waals surface area contributed by atoms with E-state index in [1.165, 1.54) is 12.5 Å². The Kier molecular flexibility index (Phi) is 13.0. The first-order valence-electron chi connectivity index (χ1n) is 23.7. The fourth-order valence-corrected chi connectivity index (χ4v) is 14.8. The van der Waals surface area contributed by atoms with Crippen molar-refractivity contribution in [1.82, 2.24) is 0 Å². The maximum Gasteiger partial charge on any atom is 0.335 e. The predicted octanol–water partition coefficient (Wildman–Crippen LogP) is 1.34. The Morgan fingerprint density at radius 3 is 2.05 bits per heavy atom. The van der Waals surface area contributed by atoms with E-state index in [1.54, 1.807) is 0 Å². The molecule has 4 saturated carbocycles. The molecule has 0 amide bonds. The van der Waals surface area contributed by atoms with Gasteiger partial charge in [-0.15, -0.1) is 0 Å². The summed E-state index contributed by atoms with van der Waals surface area (Å²) in [5.74, 6) is -1.05. The maximum absolute atomic E-state index is 12.4. The van der Waals surface area contributed by atoms with Gasteiger partial charge in [-0.3, -0.25) is 0 Å². The number of carbonyl (C=O) groups is 1. The number of carboxylic acids is 1. The van der Waals surface area contributed by atoms with E-state index < -0.39 is 110 Å². The van der Waals surface area contributed by atoms with E-state index in [2.05, 4.69) is 47.6 Å². The smallest absolute Gasteiger partial charge is 0.335 e. The highest BCUT2D eigenvalue weighted by Crippen LogP contribution is 2.76. The van der Waals surface area contributed by atoms with Crippen LogP contribution in [0.4, 0.5) is 0 Å². The molecule has 0 spiro atoms. The number of fused-ring (bicyclic) bond motifs is 7. The number of ether oxygens (including phenoxy) is 6. The van der Waals surface area contributed by atoms with Crippen LogP contribution in [-0.2, 0) is 33.2 Å². The molecule has 366 valence electrons. The molecule has 7 fully saturated rings. The number of hydrogen-bond donors (Lipinski definition) is 10. The Balaban J connectivity index is 1.06. The van der Waals surface area contributed by atoms with E-state index in [1.807, 2.05) is 6.92 Å². The van der Waals surface area contributed by atoms with Crippen LogP contribution in [0.25, 0.3) is 0 Å². The van der Waals surface area contributed by atoms with Gasteiger partial charge in [-0.1, -0.05) is 60.1 Å². The Morgan fingerprint density at radius 1 is 0.703 bits per heavy atom. The van der Waals surface area contributed by atoms with Gasteiger partial charge in [0.2, 0.25) is 0 Å². The normalized spacial score (nSPS) is 56.1. The van der Waals surface area contributed by atoms with E-state index in [0.717, 1.165) is 44.9 Å². The van der Waals surface area contributed by atoms with Crippen LogP contribution in [0.1, 0.15) is 113 Å². The number of aliphatic hydroxyl groups is 9. The van der Waals surface area contributed by atoms with Gasteiger partial charge in [0, 0.05) is 10.8 Å². The summed E-state index contributed by atoms with van der Waals surface area (Å²) in [7, 11) is 0. The topological polar surface area (TPSA) is 275 Å². The van der Waals surface area contributed by atoms with Crippen molar-refractivity contribution in [2.75, 3.05) is 13.2 Å². The van der Waals surface area contributed by atoms with E-state index >= 15 is 0 Å². The molecule has 3 saturated heterocycles. The third-order valence-corrected chi connectivity index (χ3v) is 19.1. The number of rotatable bonds is 8. The summed E-state index contributed by atoms with van der Waals surface area (Å²) >= 11 is 0. The molecular weight excluding hydrogens is 837 g/mol. The largest absolute Gasteiger partial charge is 0.479 e. The first kappa shape index (κ1) is 49.0. The molecule has 0 aromatic rings. The lowest BCUT2D eigenvalue weighted by Crippen LogP contribution is -2.68. The predicted molar refractivity (Wildman–Crippen MR) is 225 cm³/mol. The fraction of sp³-hybridized carbons (Fsp3) is 0.936. The van der Waals surface area contributed by atoms with E-state index in [-0.39, 0.29) is 51.6 Å². The molecule has 8 aliphatic rings. The van der Waals surface area contributed by atoms with Gasteiger partial charge >= 0.3 is 5.97 Å². The van der Waals surface area contributed by atoms with Crippen molar-refractivity contribution in [2.45, 2.75) is 211 Å². The average Bonchev–Trinajstić information content (AvgIpc) is 3.22. The zero-order valence-corrected chi connectivity index (χ0v) is 38.7. The summed E-state index contributed by atoms with van der Waals surface area (Å²) in [6.07, 6.45) is -14.5. The molecule has 0 bridgehead atoms.